The monoisotopic (exact) mass is 415 g/mol. The summed E-state index contributed by atoms with van der Waals surface area (Å²) in [6, 6.07) is 10.1. The zero-order valence-electron chi connectivity index (χ0n) is 14.8. The standard InChI is InChI=1S/C19H17ClF3NO4/c1-27-16-5-3-2-4-12(16)6-9-18(26)28-11-17(25)24-13-7-8-15(20)14(10-13)19(21,22)23/h2-5,7-8,10H,6,9,11H2,1H3,(H,24,25). The molecule has 1 N–H and O–H groups in total. The fourth-order valence-electron chi connectivity index (χ4n) is 2.38. The summed E-state index contributed by atoms with van der Waals surface area (Å²) < 4.78 is 48.5. The number of amides is 1. The molecule has 0 atom stereocenters. The van der Waals surface area contributed by atoms with Crippen molar-refractivity contribution < 1.29 is 32.2 Å². The van der Waals surface area contributed by atoms with Crippen LogP contribution in [-0.2, 0) is 26.9 Å². The molecular formula is C19H17ClF3NO4. The lowest BCUT2D eigenvalue weighted by Crippen LogP contribution is -2.21. The van der Waals surface area contributed by atoms with Gasteiger partial charge in [0, 0.05) is 12.1 Å². The smallest absolute Gasteiger partial charge is 0.417 e. The van der Waals surface area contributed by atoms with E-state index in [2.05, 4.69) is 5.32 Å². The number of carbonyl (C=O) groups excluding carboxylic acids is 2. The number of carbonyl (C=O) groups is 2. The number of benzene rings is 2. The highest BCUT2D eigenvalue weighted by molar-refractivity contribution is 6.31. The molecule has 9 heteroatoms. The second kappa shape index (κ2) is 9.45. The molecule has 0 radical (unpaired) electrons. The molecular weight excluding hydrogens is 399 g/mol. The molecule has 2 aromatic carbocycles. The van der Waals surface area contributed by atoms with Gasteiger partial charge in [-0.3, -0.25) is 9.59 Å². The van der Waals surface area contributed by atoms with Crippen LogP contribution in [-0.4, -0.2) is 25.6 Å². The second-order valence-corrected chi connectivity index (χ2v) is 6.12. The van der Waals surface area contributed by atoms with Gasteiger partial charge in [0.05, 0.1) is 17.7 Å². The second-order valence-electron chi connectivity index (χ2n) is 5.71. The molecule has 0 fully saturated rings. The number of para-hydroxylation sites is 1. The number of hydrogen-bond acceptors (Lipinski definition) is 4. The maximum absolute atomic E-state index is 12.8. The normalized spacial score (nSPS) is 11.0. The van der Waals surface area contributed by atoms with E-state index in [4.69, 9.17) is 21.1 Å². The quantitative estimate of drug-likeness (QED) is 0.677. The largest absolute Gasteiger partial charge is 0.496 e. The molecule has 28 heavy (non-hydrogen) atoms. The van der Waals surface area contributed by atoms with E-state index in [-0.39, 0.29) is 12.1 Å². The Morgan fingerprint density at radius 1 is 1.14 bits per heavy atom. The highest BCUT2D eigenvalue weighted by atomic mass is 35.5. The minimum Gasteiger partial charge on any atom is -0.496 e. The van der Waals surface area contributed by atoms with Crippen LogP contribution in [0.25, 0.3) is 0 Å². The van der Waals surface area contributed by atoms with Crippen molar-refractivity contribution in [2.24, 2.45) is 0 Å². The average molecular weight is 416 g/mol. The van der Waals surface area contributed by atoms with Crippen molar-refractivity contribution in [3.8, 4) is 5.75 Å². The first-order valence-electron chi connectivity index (χ1n) is 8.15. The van der Waals surface area contributed by atoms with Crippen molar-refractivity contribution in [1.82, 2.24) is 0 Å². The average Bonchev–Trinajstić information content (AvgIpc) is 2.65. The van der Waals surface area contributed by atoms with Gasteiger partial charge in [0.1, 0.15) is 5.75 Å². The molecule has 0 bridgehead atoms. The molecule has 2 rings (SSSR count). The molecule has 0 aliphatic heterocycles. The van der Waals surface area contributed by atoms with Crippen molar-refractivity contribution in [2.75, 3.05) is 19.0 Å². The van der Waals surface area contributed by atoms with Gasteiger partial charge in [0.25, 0.3) is 5.91 Å². The summed E-state index contributed by atoms with van der Waals surface area (Å²) in [5.41, 5.74) is -0.361. The summed E-state index contributed by atoms with van der Waals surface area (Å²) in [6.45, 7) is -0.616. The summed E-state index contributed by atoms with van der Waals surface area (Å²) in [5, 5.41) is 1.76. The first-order chi connectivity index (χ1) is 13.2. The molecule has 1 amide bonds. The predicted octanol–water partition coefficient (Wildman–Crippen LogP) is 4.48. The van der Waals surface area contributed by atoms with Crippen LogP contribution in [0, 0.1) is 0 Å². The Kier molecular flexibility index (Phi) is 7.28. The van der Waals surface area contributed by atoms with E-state index in [0.29, 0.717) is 18.2 Å². The van der Waals surface area contributed by atoms with Crippen LogP contribution >= 0.6 is 11.6 Å². The fraction of sp³-hybridized carbons (Fsp3) is 0.263. The molecule has 2 aromatic rings. The summed E-state index contributed by atoms with van der Waals surface area (Å²) in [4.78, 5) is 23.6. The Bertz CT molecular complexity index is 855. The number of esters is 1. The lowest BCUT2D eigenvalue weighted by Gasteiger charge is -2.12. The van der Waals surface area contributed by atoms with Gasteiger partial charge in [-0.1, -0.05) is 29.8 Å². The van der Waals surface area contributed by atoms with Crippen LogP contribution in [0.1, 0.15) is 17.5 Å². The first kappa shape index (κ1) is 21.6. The van der Waals surface area contributed by atoms with Gasteiger partial charge >= 0.3 is 12.1 Å². The molecule has 0 saturated heterocycles. The van der Waals surface area contributed by atoms with Gasteiger partial charge < -0.3 is 14.8 Å². The maximum Gasteiger partial charge on any atom is 0.417 e. The number of halogens is 4. The topological polar surface area (TPSA) is 64.6 Å². The van der Waals surface area contributed by atoms with Crippen molar-refractivity contribution >= 4 is 29.2 Å². The third-order valence-electron chi connectivity index (χ3n) is 3.71. The molecule has 0 aromatic heterocycles. The number of aryl methyl sites for hydroxylation is 1. The Labute approximate surface area is 164 Å². The molecule has 5 nitrogen and oxygen atoms in total. The first-order valence-corrected chi connectivity index (χ1v) is 8.52. The SMILES string of the molecule is COc1ccccc1CCC(=O)OCC(=O)Nc1ccc(Cl)c(C(F)(F)F)c1. The molecule has 150 valence electrons. The Morgan fingerprint density at radius 3 is 2.54 bits per heavy atom. The lowest BCUT2D eigenvalue weighted by atomic mass is 10.1. The summed E-state index contributed by atoms with van der Waals surface area (Å²) >= 11 is 5.52. The van der Waals surface area contributed by atoms with Crippen LogP contribution in [0.2, 0.25) is 5.02 Å². The highest BCUT2D eigenvalue weighted by Gasteiger charge is 2.33. The Balaban J connectivity index is 1.85. The van der Waals surface area contributed by atoms with Gasteiger partial charge in [-0.25, -0.2) is 0 Å². The molecule has 0 aliphatic rings. The summed E-state index contributed by atoms with van der Waals surface area (Å²) in [7, 11) is 1.52. The summed E-state index contributed by atoms with van der Waals surface area (Å²) in [6.07, 6.45) is -4.27. The van der Waals surface area contributed by atoms with E-state index in [1.165, 1.54) is 13.2 Å². The van der Waals surface area contributed by atoms with E-state index in [0.717, 1.165) is 11.6 Å². The maximum atomic E-state index is 12.8. The third-order valence-corrected chi connectivity index (χ3v) is 4.04. The van der Waals surface area contributed by atoms with E-state index in [9.17, 15) is 22.8 Å². The number of alkyl halides is 3. The van der Waals surface area contributed by atoms with Crippen molar-refractivity contribution in [1.29, 1.82) is 0 Å². The van der Waals surface area contributed by atoms with Gasteiger partial charge in [-0.2, -0.15) is 13.2 Å². The summed E-state index contributed by atoms with van der Waals surface area (Å²) in [5.74, 6) is -0.745. The Hall–Kier alpha value is -2.74. The van der Waals surface area contributed by atoms with E-state index in [1.54, 1.807) is 24.3 Å². The van der Waals surface area contributed by atoms with E-state index in [1.807, 2.05) is 0 Å². The lowest BCUT2D eigenvalue weighted by molar-refractivity contribution is -0.147. The molecule has 0 unspecified atom stereocenters. The number of nitrogens with one attached hydrogen (secondary N) is 1. The molecule has 0 heterocycles. The van der Waals surface area contributed by atoms with Gasteiger partial charge in [0.15, 0.2) is 6.61 Å². The van der Waals surface area contributed by atoms with Crippen LogP contribution in [0.5, 0.6) is 5.75 Å². The fourth-order valence-corrected chi connectivity index (χ4v) is 2.61. The molecule has 0 saturated carbocycles. The van der Waals surface area contributed by atoms with Gasteiger partial charge in [0.2, 0.25) is 0 Å². The number of hydrogen-bond donors (Lipinski definition) is 1. The van der Waals surface area contributed by atoms with Crippen LogP contribution in [0.3, 0.4) is 0 Å². The van der Waals surface area contributed by atoms with E-state index >= 15 is 0 Å². The van der Waals surface area contributed by atoms with Gasteiger partial charge in [-0.05, 0) is 36.2 Å². The zero-order valence-corrected chi connectivity index (χ0v) is 15.6. The van der Waals surface area contributed by atoms with Crippen LogP contribution in [0.15, 0.2) is 42.5 Å². The van der Waals surface area contributed by atoms with Crippen molar-refractivity contribution in [3.05, 3.63) is 58.6 Å². The van der Waals surface area contributed by atoms with Crippen molar-refractivity contribution in [2.45, 2.75) is 19.0 Å². The van der Waals surface area contributed by atoms with Crippen LogP contribution < -0.4 is 10.1 Å². The zero-order chi connectivity index (χ0) is 20.7. The minimum absolute atomic E-state index is 0.0207. The minimum atomic E-state index is -4.65. The predicted molar refractivity (Wildman–Crippen MR) is 97.4 cm³/mol. The Morgan fingerprint density at radius 2 is 1.86 bits per heavy atom. The van der Waals surface area contributed by atoms with Crippen molar-refractivity contribution in [3.63, 3.8) is 0 Å². The third kappa shape index (κ3) is 6.16. The molecule has 0 aliphatic carbocycles. The van der Waals surface area contributed by atoms with Gasteiger partial charge in [-0.15, -0.1) is 0 Å². The van der Waals surface area contributed by atoms with E-state index < -0.39 is 35.2 Å². The molecule has 0 spiro atoms. The number of rotatable bonds is 7. The number of ether oxygens (including phenoxy) is 2. The number of methoxy groups -OCH3 is 1. The number of anilines is 1. The highest BCUT2D eigenvalue weighted by Crippen LogP contribution is 2.36. The van der Waals surface area contributed by atoms with Crippen LogP contribution in [0.4, 0.5) is 18.9 Å².